The first-order chi connectivity index (χ1) is 8.62. The zero-order chi connectivity index (χ0) is 13.0. The summed E-state index contributed by atoms with van der Waals surface area (Å²) in [5.74, 6) is 1.02. The number of benzene rings is 1. The Labute approximate surface area is 109 Å². The Morgan fingerprint density at radius 3 is 2.94 bits per heavy atom. The van der Waals surface area contributed by atoms with Crippen LogP contribution in [-0.4, -0.2) is 25.9 Å². The highest BCUT2D eigenvalue weighted by molar-refractivity contribution is 5.59. The molecule has 0 saturated heterocycles. The average molecular weight is 249 g/mol. The first-order valence-corrected chi connectivity index (χ1v) is 6.66. The van der Waals surface area contributed by atoms with Crippen molar-refractivity contribution in [2.45, 2.75) is 38.7 Å². The molecule has 0 amide bonds. The van der Waals surface area contributed by atoms with Crippen LogP contribution in [0.2, 0.25) is 0 Å². The molecule has 18 heavy (non-hydrogen) atoms. The van der Waals surface area contributed by atoms with Crippen molar-refractivity contribution in [2.24, 2.45) is 0 Å². The molecule has 2 rings (SSSR count). The summed E-state index contributed by atoms with van der Waals surface area (Å²) in [7, 11) is 1.74. The second-order valence-electron chi connectivity index (χ2n) is 5.37. The summed E-state index contributed by atoms with van der Waals surface area (Å²) in [6, 6.07) is 6.24. The molecule has 3 nitrogen and oxygen atoms in total. The van der Waals surface area contributed by atoms with Crippen LogP contribution < -0.4 is 10.1 Å². The quantitative estimate of drug-likeness (QED) is 0.869. The number of nitrogens with one attached hydrogen (secondary N) is 1. The first kappa shape index (κ1) is 13.2. The third-order valence-electron chi connectivity index (χ3n) is 3.57. The van der Waals surface area contributed by atoms with Crippen LogP contribution in [0, 0.1) is 0 Å². The van der Waals surface area contributed by atoms with E-state index in [0.29, 0.717) is 6.61 Å². The van der Waals surface area contributed by atoms with Gasteiger partial charge in [-0.25, -0.2) is 0 Å². The van der Waals surface area contributed by atoms with Gasteiger partial charge in [0.1, 0.15) is 5.75 Å². The molecule has 1 aliphatic heterocycles. The summed E-state index contributed by atoms with van der Waals surface area (Å²) < 4.78 is 11.3. The van der Waals surface area contributed by atoms with Gasteiger partial charge in [-0.2, -0.15) is 0 Å². The zero-order valence-corrected chi connectivity index (χ0v) is 11.6. The molecule has 0 aromatic heterocycles. The second kappa shape index (κ2) is 5.61. The van der Waals surface area contributed by atoms with Crippen LogP contribution in [0.3, 0.4) is 0 Å². The predicted octanol–water partition coefficient (Wildman–Crippen LogP) is 3.24. The summed E-state index contributed by atoms with van der Waals surface area (Å²) in [5.41, 5.74) is 2.43. The molecular weight excluding hydrogens is 226 g/mol. The molecule has 100 valence electrons. The van der Waals surface area contributed by atoms with Crippen LogP contribution in [-0.2, 0) is 11.2 Å². The Kier molecular flexibility index (Phi) is 4.12. The monoisotopic (exact) mass is 249 g/mol. The lowest BCUT2D eigenvalue weighted by atomic mass is 10.0. The Morgan fingerprint density at radius 2 is 2.17 bits per heavy atom. The van der Waals surface area contributed by atoms with Crippen LogP contribution in [0.5, 0.6) is 5.75 Å². The summed E-state index contributed by atoms with van der Waals surface area (Å²) in [5, 5.41) is 3.42. The standard InChI is InChI=1S/C15H23NO2/c1-15(2,17-3)9-11-18-14-8-4-7-13-12(14)6-5-10-16-13/h4,7-8,16H,5-6,9-11H2,1-3H3. The fourth-order valence-corrected chi connectivity index (χ4v) is 2.12. The van der Waals surface area contributed by atoms with Gasteiger partial charge in [0.15, 0.2) is 0 Å². The van der Waals surface area contributed by atoms with Gasteiger partial charge < -0.3 is 14.8 Å². The smallest absolute Gasteiger partial charge is 0.124 e. The molecule has 0 bridgehead atoms. The number of anilines is 1. The average Bonchev–Trinajstić information content (AvgIpc) is 2.39. The Morgan fingerprint density at radius 1 is 1.33 bits per heavy atom. The van der Waals surface area contributed by atoms with E-state index in [1.165, 1.54) is 17.7 Å². The largest absolute Gasteiger partial charge is 0.493 e. The predicted molar refractivity (Wildman–Crippen MR) is 74.5 cm³/mol. The van der Waals surface area contributed by atoms with Crippen molar-refractivity contribution in [1.29, 1.82) is 0 Å². The molecule has 1 aromatic rings. The van der Waals surface area contributed by atoms with E-state index >= 15 is 0 Å². The van der Waals surface area contributed by atoms with Gasteiger partial charge in [0.05, 0.1) is 12.2 Å². The molecule has 0 fully saturated rings. The maximum Gasteiger partial charge on any atom is 0.124 e. The molecule has 1 heterocycles. The van der Waals surface area contributed by atoms with Gasteiger partial charge in [-0.05, 0) is 38.8 Å². The number of hydrogen-bond donors (Lipinski definition) is 1. The van der Waals surface area contributed by atoms with E-state index in [0.717, 1.165) is 25.1 Å². The molecule has 1 N–H and O–H groups in total. The lowest BCUT2D eigenvalue weighted by Crippen LogP contribution is -2.25. The fraction of sp³-hybridized carbons (Fsp3) is 0.600. The second-order valence-corrected chi connectivity index (χ2v) is 5.37. The fourth-order valence-electron chi connectivity index (χ4n) is 2.12. The highest BCUT2D eigenvalue weighted by Crippen LogP contribution is 2.30. The molecule has 0 unspecified atom stereocenters. The Balaban J connectivity index is 1.97. The number of hydrogen-bond acceptors (Lipinski definition) is 3. The Hall–Kier alpha value is -1.22. The zero-order valence-electron chi connectivity index (χ0n) is 11.6. The molecule has 0 aliphatic carbocycles. The van der Waals surface area contributed by atoms with Gasteiger partial charge >= 0.3 is 0 Å². The van der Waals surface area contributed by atoms with Gasteiger partial charge in [0.2, 0.25) is 0 Å². The summed E-state index contributed by atoms with van der Waals surface area (Å²) in [4.78, 5) is 0. The summed E-state index contributed by atoms with van der Waals surface area (Å²) in [6.45, 7) is 5.92. The van der Waals surface area contributed by atoms with Gasteiger partial charge in [-0.1, -0.05) is 6.07 Å². The van der Waals surface area contributed by atoms with Crippen molar-refractivity contribution >= 4 is 5.69 Å². The van der Waals surface area contributed by atoms with Gasteiger partial charge in [0.25, 0.3) is 0 Å². The van der Waals surface area contributed by atoms with Crippen molar-refractivity contribution in [3.63, 3.8) is 0 Å². The van der Waals surface area contributed by atoms with Crippen molar-refractivity contribution in [3.05, 3.63) is 23.8 Å². The van der Waals surface area contributed by atoms with Crippen LogP contribution >= 0.6 is 0 Å². The van der Waals surface area contributed by atoms with Crippen LogP contribution in [0.1, 0.15) is 32.3 Å². The van der Waals surface area contributed by atoms with Crippen LogP contribution in [0.15, 0.2) is 18.2 Å². The third-order valence-corrected chi connectivity index (χ3v) is 3.57. The van der Waals surface area contributed by atoms with E-state index < -0.39 is 0 Å². The van der Waals surface area contributed by atoms with Crippen molar-refractivity contribution < 1.29 is 9.47 Å². The molecule has 1 aromatic carbocycles. The number of rotatable bonds is 5. The van der Waals surface area contributed by atoms with E-state index in [2.05, 4.69) is 31.3 Å². The topological polar surface area (TPSA) is 30.5 Å². The van der Waals surface area contributed by atoms with E-state index in [9.17, 15) is 0 Å². The number of ether oxygens (including phenoxy) is 2. The lowest BCUT2D eigenvalue weighted by Gasteiger charge is -2.24. The Bertz CT molecular complexity index is 401. The molecule has 3 heteroatoms. The SMILES string of the molecule is COC(C)(C)CCOc1cccc2c1CCCN2. The van der Waals surface area contributed by atoms with Crippen molar-refractivity contribution in [1.82, 2.24) is 0 Å². The van der Waals surface area contributed by atoms with E-state index in [1.807, 2.05) is 6.07 Å². The lowest BCUT2D eigenvalue weighted by molar-refractivity contribution is 0.00538. The minimum Gasteiger partial charge on any atom is -0.493 e. The summed E-state index contributed by atoms with van der Waals surface area (Å²) >= 11 is 0. The van der Waals surface area contributed by atoms with Gasteiger partial charge in [-0.15, -0.1) is 0 Å². The molecule has 0 radical (unpaired) electrons. The summed E-state index contributed by atoms with van der Waals surface area (Å²) in [6.07, 6.45) is 3.17. The maximum atomic E-state index is 5.92. The number of fused-ring (bicyclic) bond motifs is 1. The first-order valence-electron chi connectivity index (χ1n) is 6.66. The molecule has 0 atom stereocenters. The van der Waals surface area contributed by atoms with E-state index in [1.54, 1.807) is 7.11 Å². The third kappa shape index (κ3) is 3.16. The minimum absolute atomic E-state index is 0.118. The van der Waals surface area contributed by atoms with E-state index in [4.69, 9.17) is 9.47 Å². The van der Waals surface area contributed by atoms with Crippen LogP contribution in [0.25, 0.3) is 0 Å². The van der Waals surface area contributed by atoms with Crippen LogP contribution in [0.4, 0.5) is 5.69 Å². The molecule has 1 aliphatic rings. The van der Waals surface area contributed by atoms with Gasteiger partial charge in [-0.3, -0.25) is 0 Å². The van der Waals surface area contributed by atoms with E-state index in [-0.39, 0.29) is 5.60 Å². The molecule has 0 spiro atoms. The highest BCUT2D eigenvalue weighted by Gasteiger charge is 2.17. The van der Waals surface area contributed by atoms with Crippen molar-refractivity contribution in [2.75, 3.05) is 25.6 Å². The number of methoxy groups -OCH3 is 1. The highest BCUT2D eigenvalue weighted by atomic mass is 16.5. The van der Waals surface area contributed by atoms with Gasteiger partial charge in [0, 0.05) is 31.3 Å². The minimum atomic E-state index is -0.118. The normalized spacial score (nSPS) is 14.8. The molecular formula is C15H23NO2. The maximum absolute atomic E-state index is 5.92. The molecule has 0 saturated carbocycles. The van der Waals surface area contributed by atoms with Crippen molar-refractivity contribution in [3.8, 4) is 5.75 Å².